The number of anilines is 2. The fourth-order valence-corrected chi connectivity index (χ4v) is 5.16. The van der Waals surface area contributed by atoms with Crippen LogP contribution in [0.4, 0.5) is 10.8 Å². The molecule has 0 bridgehead atoms. The number of aromatic nitrogens is 1. The fraction of sp³-hybridized carbons (Fsp3) is 0.421. The normalized spacial score (nSPS) is 16.7. The third-order valence-corrected chi connectivity index (χ3v) is 6.53. The van der Waals surface area contributed by atoms with Crippen molar-refractivity contribution < 1.29 is 4.79 Å². The zero-order valence-electron chi connectivity index (χ0n) is 14.9. The van der Waals surface area contributed by atoms with Crippen LogP contribution in [0.2, 0.25) is 5.02 Å². The molecule has 27 heavy (non-hydrogen) atoms. The topological polar surface area (TPSA) is 86.2 Å². The van der Waals surface area contributed by atoms with Crippen molar-refractivity contribution in [2.24, 2.45) is 0 Å². The molecule has 2 aliphatic rings. The van der Waals surface area contributed by atoms with Crippen molar-refractivity contribution in [3.05, 3.63) is 38.9 Å². The van der Waals surface area contributed by atoms with Crippen molar-refractivity contribution in [3.63, 3.8) is 0 Å². The number of nitrogens with zero attached hydrogens (tertiary/aromatic N) is 4. The Morgan fingerprint density at radius 2 is 2.07 bits per heavy atom. The quantitative estimate of drug-likeness (QED) is 0.832. The molecule has 1 amide bonds. The Bertz CT molecular complexity index is 929. The molecule has 2 aliphatic heterocycles. The van der Waals surface area contributed by atoms with E-state index < -0.39 is 0 Å². The van der Waals surface area contributed by atoms with E-state index in [9.17, 15) is 10.1 Å². The van der Waals surface area contributed by atoms with E-state index in [2.05, 4.69) is 16.0 Å². The first-order valence-electron chi connectivity index (χ1n) is 9.08. The minimum atomic E-state index is 0.00118. The number of rotatable bonds is 2. The van der Waals surface area contributed by atoms with Gasteiger partial charge in [-0.2, -0.15) is 5.26 Å². The molecular formula is C19H20ClN5OS. The zero-order chi connectivity index (χ0) is 19.0. The van der Waals surface area contributed by atoms with E-state index >= 15 is 0 Å². The van der Waals surface area contributed by atoms with E-state index in [0.717, 1.165) is 42.8 Å². The molecule has 0 radical (unpaired) electrons. The van der Waals surface area contributed by atoms with Gasteiger partial charge in [0.05, 0.1) is 22.7 Å². The number of fused-ring (bicyclic) bond motifs is 1. The van der Waals surface area contributed by atoms with Gasteiger partial charge in [-0.25, -0.2) is 4.98 Å². The maximum absolute atomic E-state index is 12.6. The van der Waals surface area contributed by atoms with Gasteiger partial charge in [0.1, 0.15) is 16.9 Å². The van der Waals surface area contributed by atoms with Crippen molar-refractivity contribution in [1.29, 1.82) is 5.26 Å². The molecule has 0 spiro atoms. The second kappa shape index (κ2) is 7.37. The molecule has 8 heteroatoms. The lowest BCUT2D eigenvalue weighted by Crippen LogP contribution is -2.36. The first kappa shape index (κ1) is 18.1. The van der Waals surface area contributed by atoms with Crippen LogP contribution in [0.1, 0.15) is 45.6 Å². The summed E-state index contributed by atoms with van der Waals surface area (Å²) in [6.45, 7) is 2.93. The number of carbonyl (C=O) groups excluding carboxylic acids is 1. The number of likely N-dealkylation sites (tertiary alicyclic amines) is 1. The number of piperidine rings is 1. The summed E-state index contributed by atoms with van der Waals surface area (Å²) >= 11 is 7.94. The monoisotopic (exact) mass is 401 g/mol. The Labute approximate surface area is 167 Å². The molecule has 4 rings (SSSR count). The highest BCUT2D eigenvalue weighted by atomic mass is 35.5. The SMILES string of the molecule is N#Cc1c(N)sc2c1CCN(c1ncc(C(=O)N3CCCCC3)cc1Cl)C2. The van der Waals surface area contributed by atoms with Crippen LogP contribution < -0.4 is 10.6 Å². The van der Waals surface area contributed by atoms with Gasteiger partial charge in [0, 0.05) is 30.7 Å². The molecule has 2 aromatic heterocycles. The van der Waals surface area contributed by atoms with Gasteiger partial charge in [-0.15, -0.1) is 11.3 Å². The summed E-state index contributed by atoms with van der Waals surface area (Å²) < 4.78 is 0. The number of hydrogen-bond acceptors (Lipinski definition) is 6. The Morgan fingerprint density at radius 1 is 1.30 bits per heavy atom. The van der Waals surface area contributed by atoms with Crippen LogP contribution >= 0.6 is 22.9 Å². The molecular weight excluding hydrogens is 382 g/mol. The van der Waals surface area contributed by atoms with E-state index in [1.54, 1.807) is 12.3 Å². The Hall–Kier alpha value is -2.30. The number of hydrogen-bond donors (Lipinski definition) is 1. The molecule has 1 saturated heterocycles. The molecule has 4 heterocycles. The molecule has 1 fully saturated rings. The van der Waals surface area contributed by atoms with Gasteiger partial charge in [0.25, 0.3) is 5.91 Å². The molecule has 0 aromatic carbocycles. The van der Waals surface area contributed by atoms with Crippen LogP contribution in [0.5, 0.6) is 0 Å². The maximum atomic E-state index is 12.6. The standard InChI is InChI=1S/C19H20ClN5OS/c20-15-8-12(19(26)24-5-2-1-3-6-24)10-23-18(15)25-7-4-13-14(9-21)17(22)27-16(13)11-25/h8,10H,1-7,11,22H2. The number of nitriles is 1. The second-order valence-corrected chi connectivity index (χ2v) is 8.45. The number of amides is 1. The molecule has 0 saturated carbocycles. The van der Waals surface area contributed by atoms with Gasteiger partial charge in [-0.3, -0.25) is 4.79 Å². The summed E-state index contributed by atoms with van der Waals surface area (Å²) in [5, 5.41) is 10.3. The predicted octanol–water partition coefficient (Wildman–Crippen LogP) is 3.44. The average Bonchev–Trinajstić information content (AvgIpc) is 3.02. The lowest BCUT2D eigenvalue weighted by Gasteiger charge is -2.29. The first-order chi connectivity index (χ1) is 13.1. The third kappa shape index (κ3) is 3.35. The average molecular weight is 402 g/mol. The number of nitrogen functional groups attached to an aromatic ring is 1. The van der Waals surface area contributed by atoms with E-state index in [-0.39, 0.29) is 5.91 Å². The van der Waals surface area contributed by atoms with Gasteiger partial charge in [0.2, 0.25) is 0 Å². The van der Waals surface area contributed by atoms with Gasteiger partial charge in [-0.1, -0.05) is 11.6 Å². The zero-order valence-corrected chi connectivity index (χ0v) is 16.4. The summed E-state index contributed by atoms with van der Waals surface area (Å²) in [4.78, 5) is 22.2. The molecule has 0 atom stereocenters. The summed E-state index contributed by atoms with van der Waals surface area (Å²) in [5.41, 5.74) is 8.15. The van der Waals surface area contributed by atoms with E-state index in [1.807, 2.05) is 4.90 Å². The van der Waals surface area contributed by atoms with E-state index in [4.69, 9.17) is 17.3 Å². The van der Waals surface area contributed by atoms with Crippen LogP contribution in [0.15, 0.2) is 12.3 Å². The van der Waals surface area contributed by atoms with Crippen molar-refractivity contribution >= 4 is 39.7 Å². The molecule has 0 unspecified atom stereocenters. The summed E-state index contributed by atoms with van der Waals surface area (Å²) in [7, 11) is 0. The number of nitrogens with two attached hydrogens (primary N) is 1. The van der Waals surface area contributed by atoms with Gasteiger partial charge in [-0.05, 0) is 37.3 Å². The minimum Gasteiger partial charge on any atom is -0.389 e. The van der Waals surface area contributed by atoms with E-state index in [0.29, 0.717) is 40.1 Å². The van der Waals surface area contributed by atoms with Crippen molar-refractivity contribution in [2.75, 3.05) is 30.3 Å². The summed E-state index contributed by atoms with van der Waals surface area (Å²) in [6.07, 6.45) is 5.64. The lowest BCUT2D eigenvalue weighted by atomic mass is 10.0. The smallest absolute Gasteiger partial charge is 0.255 e. The minimum absolute atomic E-state index is 0.00118. The number of halogens is 1. The fourth-order valence-electron chi connectivity index (χ4n) is 3.79. The molecule has 2 N–H and O–H groups in total. The second-order valence-electron chi connectivity index (χ2n) is 6.91. The third-order valence-electron chi connectivity index (χ3n) is 5.21. The Balaban J connectivity index is 1.55. The Kier molecular flexibility index (Phi) is 4.94. The van der Waals surface area contributed by atoms with Gasteiger partial charge >= 0.3 is 0 Å². The largest absolute Gasteiger partial charge is 0.389 e. The number of pyridine rings is 1. The highest BCUT2D eigenvalue weighted by Crippen LogP contribution is 2.37. The van der Waals surface area contributed by atoms with Crippen molar-refractivity contribution in [1.82, 2.24) is 9.88 Å². The van der Waals surface area contributed by atoms with Gasteiger partial charge in [0.15, 0.2) is 0 Å². The predicted molar refractivity (Wildman–Crippen MR) is 107 cm³/mol. The maximum Gasteiger partial charge on any atom is 0.255 e. The van der Waals surface area contributed by atoms with Crippen molar-refractivity contribution in [3.8, 4) is 6.07 Å². The van der Waals surface area contributed by atoms with Crippen LogP contribution in [-0.4, -0.2) is 35.4 Å². The number of thiophene rings is 1. The van der Waals surface area contributed by atoms with Crippen molar-refractivity contribution in [2.45, 2.75) is 32.2 Å². The molecule has 0 aliphatic carbocycles. The molecule has 140 valence electrons. The number of carbonyl (C=O) groups is 1. The summed E-state index contributed by atoms with van der Waals surface area (Å²) in [6, 6.07) is 3.93. The molecule has 2 aromatic rings. The summed E-state index contributed by atoms with van der Waals surface area (Å²) in [5.74, 6) is 0.671. The molecule has 6 nitrogen and oxygen atoms in total. The highest BCUT2D eigenvalue weighted by Gasteiger charge is 2.26. The highest BCUT2D eigenvalue weighted by molar-refractivity contribution is 7.16. The Morgan fingerprint density at radius 3 is 2.78 bits per heavy atom. The van der Waals surface area contributed by atoms with E-state index in [1.165, 1.54) is 17.8 Å². The van der Waals surface area contributed by atoms with Crippen LogP contribution in [0.25, 0.3) is 0 Å². The van der Waals surface area contributed by atoms with Crippen LogP contribution in [0, 0.1) is 11.3 Å². The van der Waals surface area contributed by atoms with Crippen LogP contribution in [-0.2, 0) is 13.0 Å². The first-order valence-corrected chi connectivity index (χ1v) is 10.3. The lowest BCUT2D eigenvalue weighted by molar-refractivity contribution is 0.0724. The van der Waals surface area contributed by atoms with Crippen LogP contribution in [0.3, 0.4) is 0 Å². The van der Waals surface area contributed by atoms with Gasteiger partial charge < -0.3 is 15.5 Å².